The van der Waals surface area contributed by atoms with Gasteiger partial charge in [-0.2, -0.15) is 0 Å². The van der Waals surface area contributed by atoms with Crippen LogP contribution < -0.4 is 5.32 Å². The Morgan fingerprint density at radius 1 is 1.65 bits per heavy atom. The van der Waals surface area contributed by atoms with Gasteiger partial charge < -0.3 is 10.4 Å². The summed E-state index contributed by atoms with van der Waals surface area (Å²) in [7, 11) is 0. The van der Waals surface area contributed by atoms with Crippen LogP contribution in [0.2, 0.25) is 0 Å². The summed E-state index contributed by atoms with van der Waals surface area (Å²) in [5.41, 5.74) is 0. The molecule has 4 nitrogen and oxygen atoms in total. The molecule has 1 aliphatic heterocycles. The van der Waals surface area contributed by atoms with E-state index in [2.05, 4.69) is 16.8 Å². The summed E-state index contributed by atoms with van der Waals surface area (Å²) < 4.78 is 0. The second-order valence-electron chi connectivity index (χ2n) is 4.60. The normalized spacial score (nSPS) is 23.1. The van der Waals surface area contributed by atoms with Crippen molar-refractivity contribution in [3.05, 3.63) is 12.7 Å². The SMILES string of the molecule is C=CCNC(=O)CN1CCCCC1C(O)CC. The lowest BCUT2D eigenvalue weighted by atomic mass is 9.96. The second-order valence-corrected chi connectivity index (χ2v) is 4.60. The molecule has 0 aromatic rings. The Bertz CT molecular complexity index is 256. The topological polar surface area (TPSA) is 52.6 Å². The third kappa shape index (κ3) is 4.48. The van der Waals surface area contributed by atoms with Gasteiger partial charge in [0.15, 0.2) is 0 Å². The average Bonchev–Trinajstić information content (AvgIpc) is 2.36. The lowest BCUT2D eigenvalue weighted by Gasteiger charge is -2.37. The van der Waals surface area contributed by atoms with E-state index >= 15 is 0 Å². The highest BCUT2D eigenvalue weighted by atomic mass is 16.3. The molecule has 2 N–H and O–H groups in total. The number of nitrogens with one attached hydrogen (secondary N) is 1. The third-order valence-corrected chi connectivity index (χ3v) is 3.32. The van der Waals surface area contributed by atoms with Crippen molar-refractivity contribution in [1.82, 2.24) is 10.2 Å². The summed E-state index contributed by atoms with van der Waals surface area (Å²) in [4.78, 5) is 13.8. The predicted molar refractivity (Wildman–Crippen MR) is 68.7 cm³/mol. The quantitative estimate of drug-likeness (QED) is 0.679. The van der Waals surface area contributed by atoms with Crippen LogP contribution in [0.3, 0.4) is 0 Å². The molecule has 1 heterocycles. The number of hydrogen-bond acceptors (Lipinski definition) is 3. The monoisotopic (exact) mass is 240 g/mol. The zero-order valence-corrected chi connectivity index (χ0v) is 10.7. The molecule has 1 rings (SSSR count). The Balaban J connectivity index is 2.47. The molecule has 1 amide bonds. The zero-order valence-electron chi connectivity index (χ0n) is 10.7. The van der Waals surface area contributed by atoms with Crippen LogP contribution in [0.1, 0.15) is 32.6 Å². The van der Waals surface area contributed by atoms with Gasteiger partial charge >= 0.3 is 0 Å². The van der Waals surface area contributed by atoms with Gasteiger partial charge in [0.05, 0.1) is 12.6 Å². The van der Waals surface area contributed by atoms with Gasteiger partial charge in [-0.15, -0.1) is 6.58 Å². The number of likely N-dealkylation sites (tertiary alicyclic amines) is 1. The summed E-state index contributed by atoms with van der Waals surface area (Å²) in [6.07, 6.45) is 5.35. The van der Waals surface area contributed by atoms with E-state index in [0.29, 0.717) is 13.1 Å². The molecule has 98 valence electrons. The molecular weight excluding hydrogens is 216 g/mol. The number of aliphatic hydroxyl groups is 1. The summed E-state index contributed by atoms with van der Waals surface area (Å²) in [5.74, 6) is 0.0140. The highest BCUT2D eigenvalue weighted by Gasteiger charge is 2.28. The number of nitrogens with zero attached hydrogens (tertiary/aromatic N) is 1. The van der Waals surface area contributed by atoms with E-state index < -0.39 is 0 Å². The van der Waals surface area contributed by atoms with Gasteiger partial charge in [0.2, 0.25) is 5.91 Å². The third-order valence-electron chi connectivity index (χ3n) is 3.32. The smallest absolute Gasteiger partial charge is 0.234 e. The molecule has 4 heteroatoms. The van der Waals surface area contributed by atoms with Crippen LogP contribution in [0.15, 0.2) is 12.7 Å². The van der Waals surface area contributed by atoms with Crippen LogP contribution in [-0.4, -0.2) is 47.7 Å². The molecule has 0 aromatic heterocycles. The van der Waals surface area contributed by atoms with E-state index in [0.717, 1.165) is 32.2 Å². The van der Waals surface area contributed by atoms with E-state index in [4.69, 9.17) is 0 Å². The molecule has 0 aromatic carbocycles. The molecule has 0 aliphatic carbocycles. The minimum absolute atomic E-state index is 0.0140. The van der Waals surface area contributed by atoms with Gasteiger partial charge in [-0.1, -0.05) is 19.4 Å². The maximum Gasteiger partial charge on any atom is 0.234 e. The second kappa shape index (κ2) is 7.45. The van der Waals surface area contributed by atoms with E-state index in [-0.39, 0.29) is 18.1 Å². The number of rotatable bonds is 6. The number of carbonyl (C=O) groups is 1. The van der Waals surface area contributed by atoms with Crippen LogP contribution in [0.5, 0.6) is 0 Å². The average molecular weight is 240 g/mol. The molecule has 1 saturated heterocycles. The molecule has 0 radical (unpaired) electrons. The van der Waals surface area contributed by atoms with Crippen molar-refractivity contribution in [3.8, 4) is 0 Å². The standard InChI is InChI=1S/C13H24N2O2/c1-3-8-14-13(17)10-15-9-6-5-7-11(15)12(16)4-2/h3,11-12,16H,1,4-10H2,2H3,(H,14,17). The maximum absolute atomic E-state index is 11.6. The first-order chi connectivity index (χ1) is 8.19. The highest BCUT2D eigenvalue weighted by molar-refractivity contribution is 5.78. The lowest BCUT2D eigenvalue weighted by Crippen LogP contribution is -2.50. The summed E-state index contributed by atoms with van der Waals surface area (Å²) in [6.45, 7) is 7.35. The maximum atomic E-state index is 11.6. The first-order valence-corrected chi connectivity index (χ1v) is 6.48. The number of amides is 1. The number of hydrogen-bond donors (Lipinski definition) is 2. The van der Waals surface area contributed by atoms with Crippen LogP contribution in [0.4, 0.5) is 0 Å². The van der Waals surface area contributed by atoms with Gasteiger partial charge in [-0.05, 0) is 25.8 Å². The largest absolute Gasteiger partial charge is 0.392 e. The summed E-state index contributed by atoms with van der Waals surface area (Å²) in [6, 6.07) is 0.142. The van der Waals surface area contributed by atoms with Crippen molar-refractivity contribution < 1.29 is 9.90 Å². The molecular formula is C13H24N2O2. The Kier molecular flexibility index (Phi) is 6.22. The molecule has 1 fully saturated rings. The zero-order chi connectivity index (χ0) is 12.7. The van der Waals surface area contributed by atoms with Crippen molar-refractivity contribution >= 4 is 5.91 Å². The van der Waals surface area contributed by atoms with E-state index in [1.54, 1.807) is 6.08 Å². The Labute approximate surface area is 104 Å². The van der Waals surface area contributed by atoms with Gasteiger partial charge in [-0.25, -0.2) is 0 Å². The first-order valence-electron chi connectivity index (χ1n) is 6.48. The van der Waals surface area contributed by atoms with Crippen LogP contribution in [0, 0.1) is 0 Å². The molecule has 0 saturated carbocycles. The minimum atomic E-state index is -0.317. The summed E-state index contributed by atoms with van der Waals surface area (Å²) in [5, 5.41) is 12.7. The fourth-order valence-electron chi connectivity index (χ4n) is 2.35. The van der Waals surface area contributed by atoms with E-state index in [9.17, 15) is 9.90 Å². The lowest BCUT2D eigenvalue weighted by molar-refractivity contribution is -0.123. The van der Waals surface area contributed by atoms with Crippen molar-refractivity contribution in [3.63, 3.8) is 0 Å². The molecule has 2 atom stereocenters. The van der Waals surface area contributed by atoms with Crippen molar-refractivity contribution in [2.24, 2.45) is 0 Å². The van der Waals surface area contributed by atoms with Crippen molar-refractivity contribution in [2.45, 2.75) is 44.8 Å². The Morgan fingerprint density at radius 2 is 2.41 bits per heavy atom. The molecule has 2 unspecified atom stereocenters. The van der Waals surface area contributed by atoms with Gasteiger partial charge in [0.25, 0.3) is 0 Å². The predicted octanol–water partition coefficient (Wildman–Crippen LogP) is 0.914. The fourth-order valence-corrected chi connectivity index (χ4v) is 2.35. The van der Waals surface area contributed by atoms with Crippen LogP contribution in [0.25, 0.3) is 0 Å². The highest BCUT2D eigenvalue weighted by Crippen LogP contribution is 2.20. The fraction of sp³-hybridized carbons (Fsp3) is 0.769. The number of piperidine rings is 1. The van der Waals surface area contributed by atoms with Crippen LogP contribution in [-0.2, 0) is 4.79 Å². The van der Waals surface area contributed by atoms with Gasteiger partial charge in [-0.3, -0.25) is 9.69 Å². The summed E-state index contributed by atoms with van der Waals surface area (Å²) >= 11 is 0. The van der Waals surface area contributed by atoms with E-state index in [1.165, 1.54) is 0 Å². The Morgan fingerprint density at radius 3 is 3.06 bits per heavy atom. The minimum Gasteiger partial charge on any atom is -0.392 e. The van der Waals surface area contributed by atoms with E-state index in [1.807, 2.05) is 6.92 Å². The molecule has 17 heavy (non-hydrogen) atoms. The van der Waals surface area contributed by atoms with Crippen molar-refractivity contribution in [2.75, 3.05) is 19.6 Å². The van der Waals surface area contributed by atoms with Gasteiger partial charge in [0.1, 0.15) is 0 Å². The molecule has 0 spiro atoms. The number of carbonyl (C=O) groups excluding carboxylic acids is 1. The Hall–Kier alpha value is -0.870. The van der Waals surface area contributed by atoms with Gasteiger partial charge in [0, 0.05) is 12.6 Å². The van der Waals surface area contributed by atoms with Crippen LogP contribution >= 0.6 is 0 Å². The first kappa shape index (κ1) is 14.2. The molecule has 1 aliphatic rings. The van der Waals surface area contributed by atoms with Crippen molar-refractivity contribution in [1.29, 1.82) is 0 Å². The molecule has 0 bridgehead atoms. The number of aliphatic hydroxyl groups excluding tert-OH is 1.